The molecule has 0 fully saturated rings. The van der Waals surface area contributed by atoms with E-state index in [9.17, 15) is 4.79 Å². The summed E-state index contributed by atoms with van der Waals surface area (Å²) in [7, 11) is -4.52. The summed E-state index contributed by atoms with van der Waals surface area (Å²) in [6.07, 6.45) is 1.63. The van der Waals surface area contributed by atoms with Crippen molar-refractivity contribution in [2.75, 3.05) is 0 Å². The summed E-state index contributed by atoms with van der Waals surface area (Å²) in [6, 6.07) is 121. The van der Waals surface area contributed by atoms with Crippen LogP contribution in [0.1, 0.15) is 154 Å². The standard InChI is InChI=1S/2C43H46O5Si.C37H32O5/c2*1-31-24-38(45-29-33-18-12-8-13-19-33)36-27-41(48-49(5,6)43(2,3)4)42(47-39(36)25-31)35-22-23-37(44-28-32-16-10-7-11-17-32)40(26-35)46-30-34-20-14-9-15-21-34;1-26-19-34(40-24-28-13-7-3-8-14-28)31-22-32(38)37(42-35(31)20-26)30-17-18-33(39-23-27-11-5-2-6-12-27)36(21-30)41-25-29-15-9-4-10-16-29/h7-26H,27-30H2,1-6H3;7-27,42H,28-30H2,1-6H3;2-21,37H,22-25H2,1H3. The lowest BCUT2D eigenvalue weighted by Gasteiger charge is -2.40. The highest BCUT2D eigenvalue weighted by molar-refractivity contribution is 6.74. The fourth-order valence-electron chi connectivity index (χ4n) is 15.8. The number of ether oxygens (including phenoxy) is 12. The number of carbonyl (C=O) groups is 1. The minimum Gasteiger partial charge on any atom is -0.544 e. The summed E-state index contributed by atoms with van der Waals surface area (Å²) in [6.45, 7) is 32.5. The number of fused-ring (bicyclic) bond motifs is 3. The molecule has 15 nitrogen and oxygen atoms in total. The van der Waals surface area contributed by atoms with Gasteiger partial charge in [0.25, 0.3) is 0 Å². The number of allylic oxidation sites excluding steroid dienone is 1. The third-order valence-corrected chi connectivity index (χ3v) is 34.3. The molecule has 0 amide bonds. The molecule has 0 aliphatic carbocycles. The number of carbonyl (C=O) groups excluding carboxylic acids is 1. The van der Waals surface area contributed by atoms with Crippen molar-refractivity contribution < 1.29 is 70.5 Å². The number of hydrogen-bond acceptors (Lipinski definition) is 15. The maximum absolute atomic E-state index is 13.5. The molecule has 714 valence electrons. The molecule has 0 saturated heterocycles. The van der Waals surface area contributed by atoms with Crippen LogP contribution in [-0.2, 0) is 86.0 Å². The Balaban J connectivity index is 0.000000152. The molecule has 0 bridgehead atoms. The number of rotatable bonds is 34. The highest BCUT2D eigenvalue weighted by Gasteiger charge is 2.44. The molecule has 0 aromatic heterocycles. The second kappa shape index (κ2) is 45.6. The van der Waals surface area contributed by atoms with Gasteiger partial charge in [0.2, 0.25) is 16.6 Å². The van der Waals surface area contributed by atoms with Gasteiger partial charge < -0.3 is 65.7 Å². The van der Waals surface area contributed by atoms with E-state index in [1.165, 1.54) is 0 Å². The number of hydrogen-bond donors (Lipinski definition) is 0. The Hall–Kier alpha value is -14.9. The van der Waals surface area contributed by atoms with Gasteiger partial charge in [-0.1, -0.05) is 327 Å². The van der Waals surface area contributed by atoms with Gasteiger partial charge in [-0.05, 0) is 209 Å². The van der Waals surface area contributed by atoms with Gasteiger partial charge in [-0.3, -0.25) is 4.79 Å². The van der Waals surface area contributed by atoms with E-state index in [0.717, 1.165) is 129 Å². The van der Waals surface area contributed by atoms with E-state index in [0.29, 0.717) is 123 Å². The van der Waals surface area contributed by atoms with Crippen molar-refractivity contribution in [1.29, 1.82) is 0 Å². The van der Waals surface area contributed by atoms with Crippen LogP contribution in [0.5, 0.6) is 69.0 Å². The predicted octanol–water partition coefficient (Wildman–Crippen LogP) is 30.3. The Labute approximate surface area is 827 Å². The van der Waals surface area contributed by atoms with Crippen LogP contribution in [0, 0.1) is 20.8 Å². The number of Topliss-reactive ketones (excluding diaryl/α,β-unsaturated/α-hetero) is 1. The zero-order valence-electron chi connectivity index (χ0n) is 82.3. The topological polar surface area (TPSA) is 146 Å². The first-order valence-electron chi connectivity index (χ1n) is 47.9. The third kappa shape index (κ3) is 26.1. The molecule has 0 radical (unpaired) electrons. The van der Waals surface area contributed by atoms with Gasteiger partial charge in [0.15, 0.2) is 58.2 Å². The summed E-state index contributed by atoms with van der Waals surface area (Å²) >= 11 is 0. The first-order valence-corrected chi connectivity index (χ1v) is 53.8. The maximum Gasteiger partial charge on any atom is 0.250 e. The largest absolute Gasteiger partial charge is 0.544 e. The van der Waals surface area contributed by atoms with Crippen molar-refractivity contribution in [2.24, 2.45) is 0 Å². The SMILES string of the molecule is Cc1cc(OCc2ccccc2)c2c(c1)OC(c1ccc(OCc3ccccc3)c(OCc3ccccc3)c1)=C(O[Si](C)(C)C(C)(C)C)C2.Cc1cc(OCc2ccccc2)c2c(c1)OC(c1ccc(OCc3ccccc3)c(OCc3ccccc3)c1)C(=O)C2.Cc1cc(OCc2ccccc2)c2c(c1)OC(c1ccc(OCc3ccccc3)c(OCc3ccccc3)c1)C(O[Si](C)(C)C(C)(C)C)=C2. The molecule has 15 aromatic rings. The average Bonchev–Trinajstić information content (AvgIpc) is 0.755. The Kier molecular flexibility index (Phi) is 32.0. The lowest BCUT2D eigenvalue weighted by atomic mass is 9.94. The van der Waals surface area contributed by atoms with Crippen molar-refractivity contribution in [3.8, 4) is 69.0 Å². The van der Waals surface area contributed by atoms with Crippen LogP contribution in [0.3, 0.4) is 0 Å². The van der Waals surface area contributed by atoms with Crippen LogP contribution in [0.2, 0.25) is 36.3 Å². The van der Waals surface area contributed by atoms with Crippen molar-refractivity contribution in [1.82, 2.24) is 0 Å². The zero-order chi connectivity index (χ0) is 97.6. The Morgan fingerprint density at radius 2 is 0.571 bits per heavy atom. The van der Waals surface area contributed by atoms with Crippen LogP contribution in [0.4, 0.5) is 0 Å². The number of ketones is 1. The molecule has 17 heteroatoms. The second-order valence-electron chi connectivity index (χ2n) is 38.6. The monoisotopic (exact) mass is 1900 g/mol. The van der Waals surface area contributed by atoms with Crippen molar-refractivity contribution >= 4 is 34.3 Å². The van der Waals surface area contributed by atoms with Crippen molar-refractivity contribution in [2.45, 2.75) is 183 Å². The summed E-state index contributed by atoms with van der Waals surface area (Å²) in [4.78, 5) is 13.5. The van der Waals surface area contributed by atoms with Gasteiger partial charge >= 0.3 is 0 Å². The fraction of sp³-hybridized carbons (Fsp3) is 0.228. The number of aryl methyl sites for hydroxylation is 3. The van der Waals surface area contributed by atoms with E-state index in [1.807, 2.05) is 268 Å². The van der Waals surface area contributed by atoms with Crippen LogP contribution in [0.25, 0.3) is 11.8 Å². The maximum atomic E-state index is 13.5. The molecule has 2 atom stereocenters. The van der Waals surface area contributed by atoms with E-state index in [4.69, 9.17) is 65.7 Å². The van der Waals surface area contributed by atoms with Crippen molar-refractivity contribution in [3.05, 3.63) is 476 Å². The van der Waals surface area contributed by atoms with E-state index in [1.54, 1.807) is 0 Å². The lowest BCUT2D eigenvalue weighted by molar-refractivity contribution is -0.126. The third-order valence-electron chi connectivity index (χ3n) is 25.6. The fourth-order valence-corrected chi connectivity index (χ4v) is 17.9. The van der Waals surface area contributed by atoms with Crippen LogP contribution >= 0.6 is 0 Å². The summed E-state index contributed by atoms with van der Waals surface area (Å²) in [5, 5.41) is -0.0257. The van der Waals surface area contributed by atoms with Crippen LogP contribution in [-0.4, -0.2) is 22.4 Å². The smallest absolute Gasteiger partial charge is 0.250 e. The van der Waals surface area contributed by atoms with E-state index in [-0.39, 0.29) is 22.3 Å². The van der Waals surface area contributed by atoms with E-state index in [2.05, 4.69) is 191 Å². The molecule has 15 aromatic carbocycles. The highest BCUT2D eigenvalue weighted by atomic mass is 28.4. The average molecular weight is 1900 g/mol. The number of benzene rings is 15. The van der Waals surface area contributed by atoms with E-state index >= 15 is 0 Å². The molecular weight excluding hydrogens is 1770 g/mol. The van der Waals surface area contributed by atoms with Crippen LogP contribution in [0.15, 0.2) is 376 Å². The molecule has 18 rings (SSSR count). The van der Waals surface area contributed by atoms with Gasteiger partial charge in [-0.2, -0.15) is 0 Å². The predicted molar refractivity (Wildman–Crippen MR) is 561 cm³/mol. The molecule has 140 heavy (non-hydrogen) atoms. The molecule has 0 spiro atoms. The summed E-state index contributed by atoms with van der Waals surface area (Å²) < 4.78 is 91.3. The first kappa shape index (κ1) is 98.1. The molecule has 2 unspecified atom stereocenters. The highest BCUT2D eigenvalue weighted by Crippen LogP contribution is 2.51. The minimum atomic E-state index is -2.27. The van der Waals surface area contributed by atoms with Gasteiger partial charge in [-0.25, -0.2) is 0 Å². The first-order chi connectivity index (χ1) is 67.7. The van der Waals surface area contributed by atoms with E-state index < -0.39 is 28.8 Å². The Bertz CT molecular complexity index is 6710. The van der Waals surface area contributed by atoms with Crippen LogP contribution < -0.4 is 56.8 Å². The van der Waals surface area contributed by atoms with Gasteiger partial charge in [0.05, 0.1) is 5.56 Å². The normalized spacial score (nSPS) is 13.7. The van der Waals surface area contributed by atoms with Gasteiger partial charge in [0, 0.05) is 40.7 Å². The quantitative estimate of drug-likeness (QED) is 0.0352. The Morgan fingerprint density at radius 1 is 0.286 bits per heavy atom. The summed E-state index contributed by atoms with van der Waals surface area (Å²) in [5.41, 5.74) is 17.9. The van der Waals surface area contributed by atoms with Crippen molar-refractivity contribution in [3.63, 3.8) is 0 Å². The second-order valence-corrected chi connectivity index (χ2v) is 48.1. The van der Waals surface area contributed by atoms with Gasteiger partial charge in [0.1, 0.15) is 105 Å². The summed E-state index contributed by atoms with van der Waals surface area (Å²) in [5.74, 6) is 10.5. The minimum absolute atomic E-state index is 0.00953. The van der Waals surface area contributed by atoms with Gasteiger partial charge in [-0.15, -0.1) is 0 Å². The molecular formula is C123H124O15Si2. The molecule has 3 aliphatic rings. The Morgan fingerprint density at radius 3 is 0.936 bits per heavy atom. The molecule has 3 aliphatic heterocycles. The zero-order valence-corrected chi connectivity index (χ0v) is 84.3. The molecule has 3 heterocycles. The molecule has 0 N–H and O–H groups in total. The lowest BCUT2D eigenvalue weighted by Crippen LogP contribution is -2.41. The molecule has 0 saturated carbocycles.